The van der Waals surface area contributed by atoms with Crippen molar-refractivity contribution >= 4 is 49.4 Å². The summed E-state index contributed by atoms with van der Waals surface area (Å²) >= 11 is 0. The molecular formula is C67H45N. The third-order valence-electron chi connectivity index (χ3n) is 14.3. The normalized spacial score (nSPS) is 12.5. The van der Waals surface area contributed by atoms with Crippen LogP contribution in [0, 0.1) is 0 Å². The van der Waals surface area contributed by atoms with Crippen LogP contribution in [0.15, 0.2) is 273 Å². The van der Waals surface area contributed by atoms with Crippen molar-refractivity contribution in [1.29, 1.82) is 0 Å². The summed E-state index contributed by atoms with van der Waals surface area (Å²) in [6.07, 6.45) is 0. The molecule has 1 heteroatoms. The zero-order valence-electron chi connectivity index (χ0n) is 37.4. The highest BCUT2D eigenvalue weighted by Crippen LogP contribution is 2.57. The van der Waals surface area contributed by atoms with Gasteiger partial charge in [-0.05, 0) is 135 Å². The first-order valence-electron chi connectivity index (χ1n) is 23.6. The first-order chi connectivity index (χ1) is 33.8. The maximum Gasteiger partial charge on any atom is 0.0714 e. The Bertz CT molecular complexity index is 3780. The molecular weight excluding hydrogens is 819 g/mol. The molecule has 0 aliphatic heterocycles. The smallest absolute Gasteiger partial charge is 0.0714 e. The molecule has 0 saturated carbocycles. The maximum atomic E-state index is 2.48. The fourth-order valence-corrected chi connectivity index (χ4v) is 11.4. The van der Waals surface area contributed by atoms with Crippen LogP contribution in [0.1, 0.15) is 22.3 Å². The number of fused-ring (bicyclic) bond motifs is 7. The Morgan fingerprint density at radius 3 is 1.41 bits per heavy atom. The minimum absolute atomic E-state index is 0.540. The summed E-state index contributed by atoms with van der Waals surface area (Å²) in [5.41, 5.74) is 17.6. The molecule has 0 aromatic heterocycles. The van der Waals surface area contributed by atoms with E-state index in [0.29, 0.717) is 0 Å². The monoisotopic (exact) mass is 863 g/mol. The molecule has 0 amide bonds. The van der Waals surface area contributed by atoms with E-state index in [0.717, 1.165) is 17.1 Å². The third kappa shape index (κ3) is 6.24. The number of anilines is 3. The van der Waals surface area contributed by atoms with Crippen LogP contribution in [-0.4, -0.2) is 0 Å². The van der Waals surface area contributed by atoms with Crippen LogP contribution in [0.25, 0.3) is 76.8 Å². The van der Waals surface area contributed by atoms with Crippen molar-refractivity contribution in [2.24, 2.45) is 0 Å². The first kappa shape index (κ1) is 39.6. The highest BCUT2D eigenvalue weighted by molar-refractivity contribution is 6.22. The Hall–Kier alpha value is -8.78. The van der Waals surface area contributed by atoms with Crippen LogP contribution >= 0.6 is 0 Å². The molecule has 1 aliphatic rings. The molecule has 1 nitrogen and oxygen atoms in total. The SMILES string of the molecule is c1ccc(-c2c(-c3ccccc3)c3cc(N(c4ccc(-c5cccc6ccccc56)cc4)c4ccc5c(c4)C(c4ccccc4)(c4ccccc4)c4ccccc4-5)ccc3c3ccccc23)cc1. The van der Waals surface area contributed by atoms with Crippen molar-refractivity contribution in [1.82, 2.24) is 0 Å². The quantitative estimate of drug-likeness (QED) is 0.138. The molecule has 13 rings (SSSR count). The van der Waals surface area contributed by atoms with Gasteiger partial charge in [-0.3, -0.25) is 0 Å². The Morgan fingerprint density at radius 1 is 0.250 bits per heavy atom. The summed E-state index contributed by atoms with van der Waals surface area (Å²) in [5.74, 6) is 0. The summed E-state index contributed by atoms with van der Waals surface area (Å²) in [7, 11) is 0. The van der Waals surface area contributed by atoms with E-state index < -0.39 is 5.41 Å². The van der Waals surface area contributed by atoms with Gasteiger partial charge in [-0.1, -0.05) is 237 Å². The number of rotatable bonds is 8. The Kier molecular flexibility index (Phi) is 9.47. The molecule has 12 aromatic carbocycles. The predicted molar refractivity (Wildman–Crippen MR) is 287 cm³/mol. The zero-order chi connectivity index (χ0) is 45.0. The predicted octanol–water partition coefficient (Wildman–Crippen LogP) is 18.0. The van der Waals surface area contributed by atoms with Crippen molar-refractivity contribution in [3.63, 3.8) is 0 Å². The van der Waals surface area contributed by atoms with E-state index in [1.165, 1.54) is 99.1 Å². The van der Waals surface area contributed by atoms with E-state index in [-0.39, 0.29) is 0 Å². The minimum atomic E-state index is -0.540. The second-order valence-electron chi connectivity index (χ2n) is 17.9. The molecule has 68 heavy (non-hydrogen) atoms. The average molecular weight is 864 g/mol. The van der Waals surface area contributed by atoms with Gasteiger partial charge in [0, 0.05) is 17.1 Å². The molecule has 1 aliphatic carbocycles. The van der Waals surface area contributed by atoms with E-state index >= 15 is 0 Å². The van der Waals surface area contributed by atoms with Gasteiger partial charge in [-0.2, -0.15) is 0 Å². The van der Waals surface area contributed by atoms with Gasteiger partial charge in [-0.25, -0.2) is 0 Å². The van der Waals surface area contributed by atoms with Crippen LogP contribution in [0.5, 0.6) is 0 Å². The Labute approximate surface area is 397 Å². The minimum Gasteiger partial charge on any atom is -0.310 e. The van der Waals surface area contributed by atoms with E-state index in [4.69, 9.17) is 0 Å². The second-order valence-corrected chi connectivity index (χ2v) is 17.9. The molecule has 0 unspecified atom stereocenters. The molecule has 12 aromatic rings. The van der Waals surface area contributed by atoms with Crippen LogP contribution in [0.3, 0.4) is 0 Å². The lowest BCUT2D eigenvalue weighted by Crippen LogP contribution is -2.28. The van der Waals surface area contributed by atoms with Crippen molar-refractivity contribution in [2.45, 2.75) is 5.41 Å². The van der Waals surface area contributed by atoms with Crippen molar-refractivity contribution < 1.29 is 0 Å². The van der Waals surface area contributed by atoms with Gasteiger partial charge in [0.15, 0.2) is 0 Å². The van der Waals surface area contributed by atoms with Gasteiger partial charge in [0.2, 0.25) is 0 Å². The summed E-state index contributed by atoms with van der Waals surface area (Å²) in [6, 6.07) is 101. The van der Waals surface area contributed by atoms with Gasteiger partial charge in [0.25, 0.3) is 0 Å². The molecule has 0 N–H and O–H groups in total. The second kappa shape index (κ2) is 16.3. The van der Waals surface area contributed by atoms with Crippen LogP contribution in [-0.2, 0) is 5.41 Å². The lowest BCUT2D eigenvalue weighted by molar-refractivity contribution is 0.768. The molecule has 0 radical (unpaired) electrons. The molecule has 0 heterocycles. The molecule has 0 bridgehead atoms. The van der Waals surface area contributed by atoms with Crippen molar-refractivity contribution in [2.75, 3.05) is 4.90 Å². The van der Waals surface area contributed by atoms with E-state index in [2.05, 4.69) is 278 Å². The highest BCUT2D eigenvalue weighted by Gasteiger charge is 2.46. The van der Waals surface area contributed by atoms with Gasteiger partial charge in [-0.15, -0.1) is 0 Å². The van der Waals surface area contributed by atoms with Crippen molar-refractivity contribution in [3.8, 4) is 44.5 Å². The topological polar surface area (TPSA) is 3.24 Å². The fraction of sp³-hybridized carbons (Fsp3) is 0.0149. The van der Waals surface area contributed by atoms with Crippen LogP contribution in [0.4, 0.5) is 17.1 Å². The standard InChI is InChI=1S/C67H45N/c1-5-21-48(22-6-1)65-61-33-16-15-31-57(61)58-42-40-53(44-62(58)66(65)49-23-7-2-8-24-49)68(52-38-36-47(37-39-52)56-34-19-25-46-20-13-14-30-55(46)56)54-41-43-60-59-32-17-18-35-63(59)67(64(60)45-54,50-26-9-3-10-27-50)51-28-11-4-12-29-51/h1-45H. The van der Waals surface area contributed by atoms with Crippen LogP contribution < -0.4 is 4.90 Å². The summed E-state index contributed by atoms with van der Waals surface area (Å²) in [4.78, 5) is 2.47. The van der Waals surface area contributed by atoms with E-state index in [1.807, 2.05) is 0 Å². The number of nitrogens with zero attached hydrogens (tertiary/aromatic N) is 1. The van der Waals surface area contributed by atoms with Crippen molar-refractivity contribution in [3.05, 3.63) is 295 Å². The average Bonchev–Trinajstić information content (AvgIpc) is 3.72. The molecule has 0 atom stereocenters. The summed E-state index contributed by atoms with van der Waals surface area (Å²) in [6.45, 7) is 0. The summed E-state index contributed by atoms with van der Waals surface area (Å²) < 4.78 is 0. The highest BCUT2D eigenvalue weighted by atomic mass is 15.1. The summed E-state index contributed by atoms with van der Waals surface area (Å²) in [5, 5.41) is 7.41. The van der Waals surface area contributed by atoms with Gasteiger partial charge < -0.3 is 4.90 Å². The van der Waals surface area contributed by atoms with Gasteiger partial charge >= 0.3 is 0 Å². The van der Waals surface area contributed by atoms with E-state index in [1.54, 1.807) is 0 Å². The Morgan fingerprint density at radius 2 is 0.721 bits per heavy atom. The molecule has 0 saturated heterocycles. The Balaban J connectivity index is 1.09. The third-order valence-corrected chi connectivity index (χ3v) is 14.3. The van der Waals surface area contributed by atoms with Crippen LogP contribution in [0.2, 0.25) is 0 Å². The lowest BCUT2D eigenvalue weighted by Gasteiger charge is -2.35. The zero-order valence-corrected chi connectivity index (χ0v) is 37.4. The number of benzene rings is 12. The first-order valence-corrected chi connectivity index (χ1v) is 23.6. The van der Waals surface area contributed by atoms with E-state index in [9.17, 15) is 0 Å². The fourth-order valence-electron chi connectivity index (χ4n) is 11.4. The largest absolute Gasteiger partial charge is 0.310 e. The molecule has 318 valence electrons. The maximum absolute atomic E-state index is 2.48. The molecule has 0 fully saturated rings. The van der Waals surface area contributed by atoms with Gasteiger partial charge in [0.05, 0.1) is 5.41 Å². The van der Waals surface area contributed by atoms with Gasteiger partial charge in [0.1, 0.15) is 0 Å². The molecule has 0 spiro atoms. The number of hydrogen-bond acceptors (Lipinski definition) is 1. The lowest BCUT2D eigenvalue weighted by atomic mass is 9.67. The number of hydrogen-bond donors (Lipinski definition) is 0.